The van der Waals surface area contributed by atoms with Gasteiger partial charge in [0, 0.05) is 23.2 Å². The lowest BCUT2D eigenvalue weighted by molar-refractivity contribution is 0.604. The first kappa shape index (κ1) is 15.0. The van der Waals surface area contributed by atoms with Crippen molar-refractivity contribution in [3.63, 3.8) is 0 Å². The number of rotatable bonds is 4. The molecule has 0 saturated heterocycles. The Morgan fingerprint density at radius 1 is 1.20 bits per heavy atom. The van der Waals surface area contributed by atoms with E-state index in [1.54, 1.807) is 11.3 Å². The number of aromatic nitrogens is 2. The summed E-state index contributed by atoms with van der Waals surface area (Å²) in [5.74, 6) is 1.74. The van der Waals surface area contributed by atoms with E-state index in [0.29, 0.717) is 0 Å². The number of hydrogen-bond donors (Lipinski definition) is 1. The van der Waals surface area contributed by atoms with Crippen molar-refractivity contribution in [2.75, 3.05) is 11.9 Å². The molecule has 0 aliphatic carbocycles. The molecule has 1 N–H and O–H groups in total. The molecule has 2 aromatic heterocycles. The van der Waals surface area contributed by atoms with Gasteiger partial charge >= 0.3 is 0 Å². The molecule has 0 unspecified atom stereocenters. The van der Waals surface area contributed by atoms with Gasteiger partial charge in [0.25, 0.3) is 0 Å². The van der Waals surface area contributed by atoms with Crippen LogP contribution >= 0.6 is 11.3 Å². The second-order valence-electron chi connectivity index (χ2n) is 6.06. The molecule has 20 heavy (non-hydrogen) atoms. The summed E-state index contributed by atoms with van der Waals surface area (Å²) in [5.41, 5.74) is 1.18. The molecule has 0 aliphatic heterocycles. The van der Waals surface area contributed by atoms with Gasteiger partial charge in [-0.25, -0.2) is 9.97 Å². The highest BCUT2D eigenvalue weighted by atomic mass is 32.1. The Kier molecular flexibility index (Phi) is 4.43. The highest BCUT2D eigenvalue weighted by molar-refractivity contribution is 7.15. The minimum Gasteiger partial charge on any atom is -0.370 e. The average molecular weight is 289 g/mol. The molecule has 0 saturated carbocycles. The van der Waals surface area contributed by atoms with Crippen molar-refractivity contribution in [2.24, 2.45) is 0 Å². The Morgan fingerprint density at radius 2 is 1.95 bits per heavy atom. The zero-order valence-electron chi connectivity index (χ0n) is 12.9. The predicted molar refractivity (Wildman–Crippen MR) is 87.6 cm³/mol. The van der Waals surface area contributed by atoms with Crippen LogP contribution in [0.1, 0.15) is 44.7 Å². The van der Waals surface area contributed by atoms with E-state index in [2.05, 4.69) is 55.1 Å². The number of aryl methyl sites for hydroxylation is 1. The van der Waals surface area contributed by atoms with Gasteiger partial charge < -0.3 is 5.32 Å². The minimum absolute atomic E-state index is 0.177. The van der Waals surface area contributed by atoms with Crippen LogP contribution in [-0.2, 0) is 5.41 Å². The van der Waals surface area contributed by atoms with Crippen LogP contribution in [0.15, 0.2) is 18.2 Å². The van der Waals surface area contributed by atoms with E-state index in [-0.39, 0.29) is 5.41 Å². The Morgan fingerprint density at radius 3 is 2.55 bits per heavy atom. The third-order valence-corrected chi connectivity index (χ3v) is 4.48. The average Bonchev–Trinajstić information content (AvgIpc) is 2.85. The van der Waals surface area contributed by atoms with Gasteiger partial charge in [0.15, 0.2) is 5.82 Å². The third kappa shape index (κ3) is 3.57. The minimum atomic E-state index is 0.177. The molecule has 0 spiro atoms. The molecule has 2 aromatic rings. The van der Waals surface area contributed by atoms with Crippen LogP contribution < -0.4 is 5.32 Å². The van der Waals surface area contributed by atoms with Gasteiger partial charge in [-0.3, -0.25) is 0 Å². The molecule has 0 aromatic carbocycles. The van der Waals surface area contributed by atoms with Gasteiger partial charge in [-0.05, 0) is 30.9 Å². The van der Waals surface area contributed by atoms with Crippen LogP contribution in [0.4, 0.5) is 5.82 Å². The van der Waals surface area contributed by atoms with E-state index in [4.69, 9.17) is 0 Å². The molecule has 0 radical (unpaired) electrons. The summed E-state index contributed by atoms with van der Waals surface area (Å²) in [5, 5.41) is 3.34. The van der Waals surface area contributed by atoms with Gasteiger partial charge in [-0.2, -0.15) is 0 Å². The Labute approximate surface area is 125 Å². The Bertz CT molecular complexity index is 582. The standard InChI is InChI=1S/C16H23N3S/c1-6-9-17-14-10-11(2)18-15(19-14)12-7-8-13(20-12)16(3,4)5/h7-8,10H,6,9H2,1-5H3,(H,17,18,19). The summed E-state index contributed by atoms with van der Waals surface area (Å²) >= 11 is 1.78. The highest BCUT2D eigenvalue weighted by Gasteiger charge is 2.17. The SMILES string of the molecule is CCCNc1cc(C)nc(-c2ccc(C(C)(C)C)s2)n1. The van der Waals surface area contributed by atoms with Crippen molar-refractivity contribution in [1.82, 2.24) is 9.97 Å². The van der Waals surface area contributed by atoms with Gasteiger partial charge in [-0.1, -0.05) is 27.7 Å². The lowest BCUT2D eigenvalue weighted by Crippen LogP contribution is -2.07. The fraction of sp³-hybridized carbons (Fsp3) is 0.500. The first-order chi connectivity index (χ1) is 9.40. The van der Waals surface area contributed by atoms with Gasteiger partial charge in [-0.15, -0.1) is 11.3 Å². The molecule has 0 amide bonds. The van der Waals surface area contributed by atoms with E-state index >= 15 is 0 Å². The fourth-order valence-corrected chi connectivity index (χ4v) is 2.88. The smallest absolute Gasteiger partial charge is 0.171 e. The van der Waals surface area contributed by atoms with E-state index in [0.717, 1.165) is 35.2 Å². The molecule has 4 heteroatoms. The highest BCUT2D eigenvalue weighted by Crippen LogP contribution is 2.33. The third-order valence-electron chi connectivity index (χ3n) is 2.98. The van der Waals surface area contributed by atoms with Gasteiger partial charge in [0.2, 0.25) is 0 Å². The van der Waals surface area contributed by atoms with Crippen molar-refractivity contribution in [3.8, 4) is 10.7 Å². The first-order valence-electron chi connectivity index (χ1n) is 7.10. The number of anilines is 1. The van der Waals surface area contributed by atoms with Crippen LogP contribution in [-0.4, -0.2) is 16.5 Å². The van der Waals surface area contributed by atoms with E-state index < -0.39 is 0 Å². The van der Waals surface area contributed by atoms with E-state index in [1.807, 2.05) is 13.0 Å². The number of hydrogen-bond acceptors (Lipinski definition) is 4. The Balaban J connectivity index is 2.32. The summed E-state index contributed by atoms with van der Waals surface area (Å²) in [4.78, 5) is 11.7. The van der Waals surface area contributed by atoms with Crippen molar-refractivity contribution < 1.29 is 0 Å². The fourth-order valence-electron chi connectivity index (χ4n) is 1.88. The lowest BCUT2D eigenvalue weighted by Gasteiger charge is -2.15. The Hall–Kier alpha value is -1.42. The molecular weight excluding hydrogens is 266 g/mol. The second kappa shape index (κ2) is 5.92. The van der Waals surface area contributed by atoms with E-state index in [1.165, 1.54) is 4.88 Å². The molecule has 0 aliphatic rings. The van der Waals surface area contributed by atoms with Crippen LogP contribution in [0.3, 0.4) is 0 Å². The van der Waals surface area contributed by atoms with Gasteiger partial charge in [0.05, 0.1) is 4.88 Å². The number of nitrogens with zero attached hydrogens (tertiary/aromatic N) is 2. The monoisotopic (exact) mass is 289 g/mol. The molecule has 3 nitrogen and oxygen atoms in total. The lowest BCUT2D eigenvalue weighted by atomic mass is 9.95. The molecular formula is C16H23N3S. The topological polar surface area (TPSA) is 37.8 Å². The zero-order chi connectivity index (χ0) is 14.8. The van der Waals surface area contributed by atoms with E-state index in [9.17, 15) is 0 Å². The predicted octanol–water partition coefficient (Wildman–Crippen LogP) is 4.63. The van der Waals surface area contributed by atoms with Crippen LogP contribution in [0, 0.1) is 6.92 Å². The van der Waals surface area contributed by atoms with Crippen LogP contribution in [0.2, 0.25) is 0 Å². The maximum Gasteiger partial charge on any atom is 0.171 e. The van der Waals surface area contributed by atoms with Crippen LogP contribution in [0.25, 0.3) is 10.7 Å². The van der Waals surface area contributed by atoms with Gasteiger partial charge in [0.1, 0.15) is 5.82 Å². The maximum absolute atomic E-state index is 4.62. The van der Waals surface area contributed by atoms with Crippen molar-refractivity contribution in [3.05, 3.63) is 28.8 Å². The summed E-state index contributed by atoms with van der Waals surface area (Å²) < 4.78 is 0. The first-order valence-corrected chi connectivity index (χ1v) is 7.92. The van der Waals surface area contributed by atoms with Crippen molar-refractivity contribution >= 4 is 17.2 Å². The van der Waals surface area contributed by atoms with Crippen molar-refractivity contribution in [2.45, 2.75) is 46.5 Å². The molecule has 2 heterocycles. The summed E-state index contributed by atoms with van der Waals surface area (Å²) in [6.45, 7) is 11.8. The molecule has 0 bridgehead atoms. The normalized spacial score (nSPS) is 11.7. The number of thiophene rings is 1. The largest absolute Gasteiger partial charge is 0.370 e. The molecule has 0 fully saturated rings. The number of nitrogens with one attached hydrogen (secondary N) is 1. The van der Waals surface area contributed by atoms with Crippen molar-refractivity contribution in [1.29, 1.82) is 0 Å². The maximum atomic E-state index is 4.62. The molecule has 0 atom stereocenters. The summed E-state index contributed by atoms with van der Waals surface area (Å²) in [6, 6.07) is 6.31. The zero-order valence-corrected chi connectivity index (χ0v) is 13.8. The van der Waals surface area contributed by atoms with Crippen LogP contribution in [0.5, 0.6) is 0 Å². The molecule has 108 valence electrons. The summed E-state index contributed by atoms with van der Waals surface area (Å²) in [6.07, 6.45) is 1.09. The molecule has 2 rings (SSSR count). The second-order valence-corrected chi connectivity index (χ2v) is 7.14. The summed E-state index contributed by atoms with van der Waals surface area (Å²) in [7, 11) is 0. The quantitative estimate of drug-likeness (QED) is 0.891.